The van der Waals surface area contributed by atoms with E-state index in [9.17, 15) is 22.8 Å². The first kappa shape index (κ1) is 19.7. The minimum Gasteiger partial charge on any atom is -0.395 e. The Labute approximate surface area is 120 Å². The van der Waals surface area contributed by atoms with Crippen LogP contribution < -0.4 is 5.32 Å². The average Bonchev–Trinajstić information content (AvgIpc) is 2.40. The van der Waals surface area contributed by atoms with E-state index in [1.54, 1.807) is 5.32 Å². The van der Waals surface area contributed by atoms with Crippen molar-refractivity contribution in [3.63, 3.8) is 0 Å². The highest BCUT2D eigenvalue weighted by molar-refractivity contribution is 5.81. The zero-order valence-corrected chi connectivity index (χ0v) is 11.7. The first-order valence-corrected chi connectivity index (χ1v) is 6.67. The highest BCUT2D eigenvalue weighted by atomic mass is 19.4. The van der Waals surface area contributed by atoms with Crippen LogP contribution in [0.4, 0.5) is 13.2 Å². The molecule has 0 aliphatic rings. The number of carbonyl (C=O) groups excluding carboxylic acids is 2. The number of nitrogens with one attached hydrogen (secondary N) is 1. The number of halogens is 3. The van der Waals surface area contributed by atoms with Crippen LogP contribution in [0.2, 0.25) is 0 Å². The van der Waals surface area contributed by atoms with Crippen LogP contribution in [0.3, 0.4) is 0 Å². The van der Waals surface area contributed by atoms with Gasteiger partial charge in [0.15, 0.2) is 0 Å². The molecule has 21 heavy (non-hydrogen) atoms. The maximum Gasteiger partial charge on any atom is 0.471 e. The van der Waals surface area contributed by atoms with Crippen molar-refractivity contribution in [2.45, 2.75) is 31.9 Å². The zero-order chi connectivity index (χ0) is 16.3. The number of hydrogen-bond donors (Lipinski definition) is 3. The molecule has 0 aromatic heterocycles. The molecule has 0 atom stereocenters. The summed E-state index contributed by atoms with van der Waals surface area (Å²) in [6.45, 7) is -0.212. The number of hydrogen-bond acceptors (Lipinski definition) is 4. The van der Waals surface area contributed by atoms with E-state index in [-0.39, 0.29) is 45.2 Å². The largest absolute Gasteiger partial charge is 0.471 e. The molecule has 0 fully saturated rings. The second-order valence-electron chi connectivity index (χ2n) is 4.39. The lowest BCUT2D eigenvalue weighted by molar-refractivity contribution is -0.173. The third-order valence-electron chi connectivity index (χ3n) is 2.70. The van der Waals surface area contributed by atoms with Gasteiger partial charge in [-0.05, 0) is 12.8 Å². The van der Waals surface area contributed by atoms with E-state index in [2.05, 4.69) is 0 Å². The molecular weight excluding hydrogens is 293 g/mol. The number of alkyl halides is 3. The van der Waals surface area contributed by atoms with Crippen molar-refractivity contribution in [1.29, 1.82) is 0 Å². The summed E-state index contributed by atoms with van der Waals surface area (Å²) in [5.41, 5.74) is 0. The molecule has 0 saturated heterocycles. The van der Waals surface area contributed by atoms with Crippen LogP contribution in [0, 0.1) is 0 Å². The minimum absolute atomic E-state index is 0.0937. The molecule has 3 N–H and O–H groups in total. The van der Waals surface area contributed by atoms with Crippen molar-refractivity contribution < 1.29 is 33.0 Å². The normalized spacial score (nSPS) is 11.3. The molecule has 0 bridgehead atoms. The Hall–Kier alpha value is -1.35. The van der Waals surface area contributed by atoms with Crippen molar-refractivity contribution in [2.75, 3.05) is 32.8 Å². The van der Waals surface area contributed by atoms with Gasteiger partial charge in [0.25, 0.3) is 0 Å². The molecule has 0 aromatic carbocycles. The van der Waals surface area contributed by atoms with E-state index in [1.165, 1.54) is 4.90 Å². The summed E-state index contributed by atoms with van der Waals surface area (Å²) < 4.78 is 35.6. The van der Waals surface area contributed by atoms with Gasteiger partial charge in [-0.2, -0.15) is 13.2 Å². The van der Waals surface area contributed by atoms with Gasteiger partial charge in [0.2, 0.25) is 5.91 Å². The van der Waals surface area contributed by atoms with Gasteiger partial charge in [-0.3, -0.25) is 9.59 Å². The van der Waals surface area contributed by atoms with Crippen LogP contribution in [0.1, 0.15) is 25.7 Å². The molecule has 9 heteroatoms. The molecule has 0 aliphatic heterocycles. The fourth-order valence-electron chi connectivity index (χ4n) is 1.64. The Bertz CT molecular complexity index is 318. The molecule has 0 aliphatic carbocycles. The Kier molecular flexibility index (Phi) is 9.72. The third-order valence-corrected chi connectivity index (χ3v) is 2.70. The molecule has 124 valence electrons. The standard InChI is InChI=1S/C12H21F3N2O4/c13-12(14,15)11(21)16-5-3-1-2-4-10(20)17(6-8-18)7-9-19/h18-19H,1-9H2,(H,16,21). The summed E-state index contributed by atoms with van der Waals surface area (Å²) in [5, 5.41) is 19.3. The van der Waals surface area contributed by atoms with Crippen LogP contribution in [0.25, 0.3) is 0 Å². The molecule has 0 heterocycles. The molecule has 0 saturated carbocycles. The highest BCUT2D eigenvalue weighted by Crippen LogP contribution is 2.14. The number of aliphatic hydroxyl groups is 2. The second-order valence-corrected chi connectivity index (χ2v) is 4.39. The van der Waals surface area contributed by atoms with Gasteiger partial charge in [0.1, 0.15) is 0 Å². The van der Waals surface area contributed by atoms with Crippen LogP contribution in [-0.4, -0.2) is 66.0 Å². The van der Waals surface area contributed by atoms with E-state index in [4.69, 9.17) is 10.2 Å². The number of rotatable bonds is 10. The van der Waals surface area contributed by atoms with E-state index in [1.807, 2.05) is 0 Å². The lowest BCUT2D eigenvalue weighted by Gasteiger charge is -2.20. The fraction of sp³-hybridized carbons (Fsp3) is 0.833. The predicted octanol–water partition coefficient (Wildman–Crippen LogP) is 0.0385. The van der Waals surface area contributed by atoms with Gasteiger partial charge in [-0.1, -0.05) is 6.42 Å². The Morgan fingerprint density at radius 1 is 1.00 bits per heavy atom. The molecule has 0 spiro atoms. The van der Waals surface area contributed by atoms with Crippen LogP contribution in [0.5, 0.6) is 0 Å². The third kappa shape index (κ3) is 9.24. The smallest absolute Gasteiger partial charge is 0.395 e. The number of amides is 2. The Morgan fingerprint density at radius 3 is 2.05 bits per heavy atom. The van der Waals surface area contributed by atoms with Crippen LogP contribution in [0.15, 0.2) is 0 Å². The summed E-state index contributed by atoms with van der Waals surface area (Å²) in [4.78, 5) is 23.5. The molecule has 0 rings (SSSR count). The average molecular weight is 314 g/mol. The molecule has 2 amide bonds. The van der Waals surface area contributed by atoms with Crippen molar-refractivity contribution >= 4 is 11.8 Å². The van der Waals surface area contributed by atoms with Gasteiger partial charge in [0, 0.05) is 26.1 Å². The zero-order valence-electron chi connectivity index (χ0n) is 11.7. The Morgan fingerprint density at radius 2 is 1.57 bits per heavy atom. The van der Waals surface area contributed by atoms with Gasteiger partial charge in [-0.25, -0.2) is 0 Å². The topological polar surface area (TPSA) is 89.9 Å². The number of carbonyl (C=O) groups is 2. The lowest BCUT2D eigenvalue weighted by atomic mass is 10.1. The summed E-state index contributed by atoms with van der Waals surface area (Å²) in [6.07, 6.45) is -3.38. The SMILES string of the molecule is O=C(CCCCCNC(=O)C(F)(F)F)N(CCO)CCO. The first-order valence-electron chi connectivity index (χ1n) is 6.67. The van der Waals surface area contributed by atoms with Crippen LogP contribution >= 0.6 is 0 Å². The first-order chi connectivity index (χ1) is 9.82. The van der Waals surface area contributed by atoms with E-state index < -0.39 is 12.1 Å². The fourth-order valence-corrected chi connectivity index (χ4v) is 1.64. The maximum absolute atomic E-state index is 11.9. The molecule has 0 radical (unpaired) electrons. The van der Waals surface area contributed by atoms with Crippen LogP contribution in [-0.2, 0) is 9.59 Å². The summed E-state index contributed by atoms with van der Waals surface area (Å²) in [7, 11) is 0. The highest BCUT2D eigenvalue weighted by Gasteiger charge is 2.38. The lowest BCUT2D eigenvalue weighted by Crippen LogP contribution is -2.37. The van der Waals surface area contributed by atoms with Crippen molar-refractivity contribution in [3.05, 3.63) is 0 Å². The van der Waals surface area contributed by atoms with Gasteiger partial charge >= 0.3 is 12.1 Å². The van der Waals surface area contributed by atoms with E-state index in [0.717, 1.165) is 0 Å². The summed E-state index contributed by atoms with van der Waals surface area (Å²) in [5.74, 6) is -2.19. The number of unbranched alkanes of at least 4 members (excludes halogenated alkanes) is 2. The van der Waals surface area contributed by atoms with E-state index in [0.29, 0.717) is 19.3 Å². The molecule has 0 unspecified atom stereocenters. The van der Waals surface area contributed by atoms with Crippen molar-refractivity contribution in [2.24, 2.45) is 0 Å². The second kappa shape index (κ2) is 10.4. The quantitative estimate of drug-likeness (QED) is 0.497. The Balaban J connectivity index is 3.75. The van der Waals surface area contributed by atoms with Gasteiger partial charge in [0.05, 0.1) is 13.2 Å². The van der Waals surface area contributed by atoms with Gasteiger partial charge in [-0.15, -0.1) is 0 Å². The molecule has 0 aromatic rings. The summed E-state index contributed by atoms with van der Waals surface area (Å²) >= 11 is 0. The predicted molar refractivity (Wildman–Crippen MR) is 68.3 cm³/mol. The molecule has 6 nitrogen and oxygen atoms in total. The monoisotopic (exact) mass is 314 g/mol. The maximum atomic E-state index is 11.9. The van der Waals surface area contributed by atoms with Gasteiger partial charge < -0.3 is 20.4 Å². The minimum atomic E-state index is -4.87. The number of aliphatic hydroxyl groups excluding tert-OH is 2. The summed E-state index contributed by atoms with van der Waals surface area (Å²) in [6, 6.07) is 0. The number of nitrogens with zero attached hydrogens (tertiary/aromatic N) is 1. The van der Waals surface area contributed by atoms with Crippen molar-refractivity contribution in [1.82, 2.24) is 10.2 Å². The van der Waals surface area contributed by atoms with Crippen molar-refractivity contribution in [3.8, 4) is 0 Å². The molecular formula is C12H21F3N2O4. The van der Waals surface area contributed by atoms with E-state index >= 15 is 0 Å².